The van der Waals surface area contributed by atoms with Gasteiger partial charge in [0.25, 0.3) is 5.91 Å². The van der Waals surface area contributed by atoms with Gasteiger partial charge in [0.15, 0.2) is 0 Å². The topological polar surface area (TPSA) is 46.3 Å². The van der Waals surface area contributed by atoms with Crippen LogP contribution in [0.15, 0.2) is 18.2 Å². The molecule has 0 saturated heterocycles. The number of nitrogens with two attached hydrogens (primary N) is 1. The standard InChI is InChI=1S/C13H16N2O/c1-15-7-9-2-3-10(6-11(9)12(15)16)13(8-14)4-5-13/h2-3,6H,4-5,7-8,14H2,1H3. The van der Waals surface area contributed by atoms with Gasteiger partial charge in [-0.25, -0.2) is 0 Å². The molecule has 1 heterocycles. The van der Waals surface area contributed by atoms with Gasteiger partial charge in [-0.2, -0.15) is 0 Å². The Kier molecular flexibility index (Phi) is 1.89. The van der Waals surface area contributed by atoms with E-state index in [0.29, 0.717) is 6.54 Å². The summed E-state index contributed by atoms with van der Waals surface area (Å²) in [5.41, 5.74) is 9.25. The molecule has 2 N–H and O–H groups in total. The molecular formula is C13H16N2O. The van der Waals surface area contributed by atoms with Crippen molar-refractivity contribution in [2.24, 2.45) is 5.73 Å². The van der Waals surface area contributed by atoms with E-state index in [1.54, 1.807) is 4.90 Å². The Hall–Kier alpha value is -1.35. The van der Waals surface area contributed by atoms with Crippen LogP contribution in [0.2, 0.25) is 0 Å². The number of carbonyl (C=O) groups is 1. The Morgan fingerprint density at radius 3 is 2.81 bits per heavy atom. The number of hydrogen-bond donors (Lipinski definition) is 1. The van der Waals surface area contributed by atoms with Crippen LogP contribution >= 0.6 is 0 Å². The predicted octanol–water partition coefficient (Wildman–Crippen LogP) is 1.26. The lowest BCUT2D eigenvalue weighted by Crippen LogP contribution is -2.20. The lowest BCUT2D eigenvalue weighted by molar-refractivity contribution is 0.0816. The van der Waals surface area contributed by atoms with Crippen molar-refractivity contribution in [3.05, 3.63) is 34.9 Å². The van der Waals surface area contributed by atoms with Crippen molar-refractivity contribution in [3.63, 3.8) is 0 Å². The zero-order chi connectivity index (χ0) is 11.3. The molecule has 3 nitrogen and oxygen atoms in total. The Morgan fingerprint density at radius 2 is 2.19 bits per heavy atom. The summed E-state index contributed by atoms with van der Waals surface area (Å²) in [5.74, 6) is 0.143. The molecule has 0 radical (unpaired) electrons. The maximum atomic E-state index is 11.9. The first-order valence-electron chi connectivity index (χ1n) is 5.75. The Morgan fingerprint density at radius 1 is 1.44 bits per heavy atom. The third-order valence-corrected chi connectivity index (χ3v) is 3.95. The number of rotatable bonds is 2. The van der Waals surface area contributed by atoms with Crippen molar-refractivity contribution in [2.75, 3.05) is 13.6 Å². The van der Waals surface area contributed by atoms with Gasteiger partial charge in [-0.05, 0) is 30.0 Å². The number of fused-ring (bicyclic) bond motifs is 1. The lowest BCUT2D eigenvalue weighted by Gasteiger charge is -2.13. The SMILES string of the molecule is CN1Cc2ccc(C3(CN)CC3)cc2C1=O. The van der Waals surface area contributed by atoms with Crippen molar-refractivity contribution in [3.8, 4) is 0 Å². The van der Waals surface area contributed by atoms with Gasteiger partial charge in [-0.15, -0.1) is 0 Å². The van der Waals surface area contributed by atoms with Crippen LogP contribution in [0.5, 0.6) is 0 Å². The minimum atomic E-state index is 0.143. The third-order valence-electron chi connectivity index (χ3n) is 3.95. The number of carbonyl (C=O) groups excluding carboxylic acids is 1. The molecule has 1 amide bonds. The molecule has 1 aromatic rings. The number of hydrogen-bond acceptors (Lipinski definition) is 2. The van der Waals surface area contributed by atoms with Gasteiger partial charge >= 0.3 is 0 Å². The summed E-state index contributed by atoms with van der Waals surface area (Å²) in [6, 6.07) is 6.29. The molecule has 1 aliphatic carbocycles. The van der Waals surface area contributed by atoms with E-state index in [2.05, 4.69) is 18.2 Å². The van der Waals surface area contributed by atoms with Gasteiger partial charge < -0.3 is 10.6 Å². The third kappa shape index (κ3) is 1.21. The number of amides is 1. The van der Waals surface area contributed by atoms with Gasteiger partial charge in [0, 0.05) is 31.1 Å². The maximum absolute atomic E-state index is 11.9. The molecule has 0 spiro atoms. The van der Waals surface area contributed by atoms with Crippen LogP contribution in [0.1, 0.15) is 34.3 Å². The van der Waals surface area contributed by atoms with Crippen LogP contribution in [-0.4, -0.2) is 24.4 Å². The molecule has 0 bridgehead atoms. The van der Waals surface area contributed by atoms with E-state index in [1.807, 2.05) is 7.05 Å². The van der Waals surface area contributed by atoms with E-state index in [0.717, 1.165) is 30.5 Å². The highest BCUT2D eigenvalue weighted by molar-refractivity contribution is 5.98. The summed E-state index contributed by atoms with van der Waals surface area (Å²) in [4.78, 5) is 13.6. The van der Waals surface area contributed by atoms with Crippen molar-refractivity contribution in [2.45, 2.75) is 24.8 Å². The molecule has 3 rings (SSSR count). The van der Waals surface area contributed by atoms with E-state index in [9.17, 15) is 4.79 Å². The summed E-state index contributed by atoms with van der Waals surface area (Å²) < 4.78 is 0. The second-order valence-corrected chi connectivity index (χ2v) is 5.02. The van der Waals surface area contributed by atoms with E-state index in [1.165, 1.54) is 5.56 Å². The lowest BCUT2D eigenvalue weighted by atomic mass is 9.93. The molecule has 1 saturated carbocycles. The molecular weight excluding hydrogens is 200 g/mol. The molecule has 3 heteroatoms. The number of nitrogens with zero attached hydrogens (tertiary/aromatic N) is 1. The summed E-state index contributed by atoms with van der Waals surface area (Å²) in [6.45, 7) is 1.43. The van der Waals surface area contributed by atoms with Crippen LogP contribution in [0.25, 0.3) is 0 Å². The van der Waals surface area contributed by atoms with Crippen molar-refractivity contribution >= 4 is 5.91 Å². The van der Waals surface area contributed by atoms with Gasteiger partial charge in [-0.1, -0.05) is 12.1 Å². The van der Waals surface area contributed by atoms with Gasteiger partial charge in [0.1, 0.15) is 0 Å². The molecule has 0 unspecified atom stereocenters. The van der Waals surface area contributed by atoms with Gasteiger partial charge in [0.2, 0.25) is 0 Å². The highest BCUT2D eigenvalue weighted by atomic mass is 16.2. The molecule has 1 aliphatic heterocycles. The predicted molar refractivity (Wildman–Crippen MR) is 62.2 cm³/mol. The molecule has 2 aliphatic rings. The average molecular weight is 216 g/mol. The Balaban J connectivity index is 2.04. The van der Waals surface area contributed by atoms with Crippen molar-refractivity contribution in [1.29, 1.82) is 0 Å². The molecule has 84 valence electrons. The van der Waals surface area contributed by atoms with E-state index in [-0.39, 0.29) is 11.3 Å². The summed E-state index contributed by atoms with van der Waals surface area (Å²) in [5, 5.41) is 0. The Labute approximate surface area is 95.2 Å². The van der Waals surface area contributed by atoms with Crippen molar-refractivity contribution in [1.82, 2.24) is 4.90 Å². The largest absolute Gasteiger partial charge is 0.337 e. The van der Waals surface area contributed by atoms with E-state index in [4.69, 9.17) is 5.73 Å². The van der Waals surface area contributed by atoms with Crippen LogP contribution in [0.4, 0.5) is 0 Å². The molecule has 16 heavy (non-hydrogen) atoms. The van der Waals surface area contributed by atoms with Crippen LogP contribution in [-0.2, 0) is 12.0 Å². The fourth-order valence-corrected chi connectivity index (χ4v) is 2.54. The monoisotopic (exact) mass is 216 g/mol. The average Bonchev–Trinajstić information content (AvgIpc) is 3.04. The molecule has 0 aromatic heterocycles. The molecule has 1 aromatic carbocycles. The highest BCUT2D eigenvalue weighted by Crippen LogP contribution is 2.47. The second kappa shape index (κ2) is 3.08. The fourth-order valence-electron chi connectivity index (χ4n) is 2.54. The second-order valence-electron chi connectivity index (χ2n) is 5.02. The smallest absolute Gasteiger partial charge is 0.254 e. The van der Waals surface area contributed by atoms with Crippen molar-refractivity contribution < 1.29 is 4.79 Å². The highest BCUT2D eigenvalue weighted by Gasteiger charge is 2.43. The zero-order valence-corrected chi connectivity index (χ0v) is 9.49. The quantitative estimate of drug-likeness (QED) is 0.809. The Bertz CT molecular complexity index is 463. The van der Waals surface area contributed by atoms with E-state index >= 15 is 0 Å². The summed E-state index contributed by atoms with van der Waals surface area (Å²) >= 11 is 0. The first-order chi connectivity index (χ1) is 7.66. The van der Waals surface area contributed by atoms with Gasteiger partial charge in [-0.3, -0.25) is 4.79 Å². The fraction of sp³-hybridized carbons (Fsp3) is 0.462. The normalized spacial score (nSPS) is 21.1. The first-order valence-corrected chi connectivity index (χ1v) is 5.75. The van der Waals surface area contributed by atoms with E-state index < -0.39 is 0 Å². The molecule has 1 fully saturated rings. The zero-order valence-electron chi connectivity index (χ0n) is 9.49. The van der Waals surface area contributed by atoms with Crippen LogP contribution < -0.4 is 5.73 Å². The van der Waals surface area contributed by atoms with Crippen LogP contribution in [0, 0.1) is 0 Å². The van der Waals surface area contributed by atoms with Gasteiger partial charge in [0.05, 0.1) is 0 Å². The minimum Gasteiger partial charge on any atom is -0.337 e. The minimum absolute atomic E-state index is 0.143. The maximum Gasteiger partial charge on any atom is 0.254 e. The molecule has 0 atom stereocenters. The number of benzene rings is 1. The summed E-state index contributed by atoms with van der Waals surface area (Å²) in [7, 11) is 1.85. The summed E-state index contributed by atoms with van der Waals surface area (Å²) in [6.07, 6.45) is 2.32. The first kappa shape index (κ1) is 9.85. The van der Waals surface area contributed by atoms with Crippen LogP contribution in [0.3, 0.4) is 0 Å².